The van der Waals surface area contributed by atoms with Gasteiger partial charge in [0.25, 0.3) is 5.91 Å². The third kappa shape index (κ3) is 5.29. The smallest absolute Gasteiger partial charge is 0.255 e. The SMILES string of the molecule is COCCCNS(=O)(=O)c1cccc(C(=O)Nc2ccccc2OC)c1. The first kappa shape index (κ1) is 19.9. The summed E-state index contributed by atoms with van der Waals surface area (Å²) in [6.45, 7) is 0.720. The van der Waals surface area contributed by atoms with E-state index in [2.05, 4.69) is 10.0 Å². The van der Waals surface area contributed by atoms with E-state index in [1.165, 1.54) is 25.3 Å². The van der Waals surface area contributed by atoms with E-state index in [0.29, 0.717) is 24.5 Å². The molecule has 0 bridgehead atoms. The fourth-order valence-electron chi connectivity index (χ4n) is 2.25. The summed E-state index contributed by atoms with van der Waals surface area (Å²) in [5.41, 5.74) is 0.738. The molecule has 1 amide bonds. The summed E-state index contributed by atoms with van der Waals surface area (Å²) < 4.78 is 37.2. The molecule has 2 aromatic carbocycles. The van der Waals surface area contributed by atoms with Gasteiger partial charge >= 0.3 is 0 Å². The maximum Gasteiger partial charge on any atom is 0.255 e. The lowest BCUT2D eigenvalue weighted by Crippen LogP contribution is -2.26. The molecule has 7 nitrogen and oxygen atoms in total. The fourth-order valence-corrected chi connectivity index (χ4v) is 3.37. The summed E-state index contributed by atoms with van der Waals surface area (Å²) in [6.07, 6.45) is 0.559. The molecule has 0 atom stereocenters. The number of benzene rings is 2. The van der Waals surface area contributed by atoms with Crippen molar-refractivity contribution < 1.29 is 22.7 Å². The Bertz CT molecular complexity index is 852. The molecule has 0 aliphatic carbocycles. The average Bonchev–Trinajstić information content (AvgIpc) is 2.66. The molecule has 0 spiro atoms. The molecular formula is C18H22N2O5S. The van der Waals surface area contributed by atoms with Crippen LogP contribution in [0.15, 0.2) is 53.4 Å². The Kier molecular flexibility index (Phi) is 7.14. The van der Waals surface area contributed by atoms with Gasteiger partial charge in [0.2, 0.25) is 10.0 Å². The zero-order valence-corrected chi connectivity index (χ0v) is 15.5. The summed E-state index contributed by atoms with van der Waals surface area (Å²) in [5, 5.41) is 2.72. The molecule has 140 valence electrons. The molecule has 0 unspecified atom stereocenters. The van der Waals surface area contributed by atoms with Crippen LogP contribution in [0.25, 0.3) is 0 Å². The molecule has 0 saturated heterocycles. The number of ether oxygens (including phenoxy) is 2. The minimum Gasteiger partial charge on any atom is -0.495 e. The number of methoxy groups -OCH3 is 2. The second kappa shape index (κ2) is 9.33. The first-order valence-electron chi connectivity index (χ1n) is 8.01. The highest BCUT2D eigenvalue weighted by Crippen LogP contribution is 2.24. The standard InChI is InChI=1S/C18H22N2O5S/c1-24-12-6-11-19-26(22,23)15-8-5-7-14(13-15)18(21)20-16-9-3-4-10-17(16)25-2/h3-5,7-10,13,19H,6,11-12H2,1-2H3,(H,20,21). The fraction of sp³-hybridized carbons (Fsp3) is 0.278. The number of amides is 1. The molecule has 2 aromatic rings. The van der Waals surface area contributed by atoms with Gasteiger partial charge in [-0.1, -0.05) is 18.2 Å². The second-order valence-corrected chi connectivity index (χ2v) is 7.19. The van der Waals surface area contributed by atoms with Crippen molar-refractivity contribution in [2.75, 3.05) is 32.7 Å². The third-order valence-electron chi connectivity index (χ3n) is 3.58. The monoisotopic (exact) mass is 378 g/mol. The average molecular weight is 378 g/mol. The number of hydrogen-bond donors (Lipinski definition) is 2. The number of carbonyl (C=O) groups is 1. The lowest BCUT2D eigenvalue weighted by atomic mass is 10.2. The molecule has 8 heteroatoms. The quantitative estimate of drug-likeness (QED) is 0.653. The van der Waals surface area contributed by atoms with Crippen LogP contribution >= 0.6 is 0 Å². The summed E-state index contributed by atoms with van der Waals surface area (Å²) in [7, 11) is -0.631. The van der Waals surface area contributed by atoms with Crippen molar-refractivity contribution in [1.29, 1.82) is 0 Å². The van der Waals surface area contributed by atoms with Crippen LogP contribution in [0, 0.1) is 0 Å². The number of hydrogen-bond acceptors (Lipinski definition) is 5. The van der Waals surface area contributed by atoms with Gasteiger partial charge in [0.1, 0.15) is 5.75 Å². The Morgan fingerprint density at radius 1 is 1.08 bits per heavy atom. The van der Waals surface area contributed by atoms with Crippen molar-refractivity contribution in [3.05, 3.63) is 54.1 Å². The zero-order chi connectivity index (χ0) is 19.0. The highest BCUT2D eigenvalue weighted by molar-refractivity contribution is 7.89. The highest BCUT2D eigenvalue weighted by atomic mass is 32.2. The van der Waals surface area contributed by atoms with E-state index in [1.54, 1.807) is 37.4 Å². The highest BCUT2D eigenvalue weighted by Gasteiger charge is 2.16. The molecule has 0 fully saturated rings. The molecule has 2 N–H and O–H groups in total. The van der Waals surface area contributed by atoms with Crippen molar-refractivity contribution >= 4 is 21.6 Å². The summed E-state index contributed by atoms with van der Waals surface area (Å²) in [4.78, 5) is 12.5. The summed E-state index contributed by atoms with van der Waals surface area (Å²) in [6, 6.07) is 12.8. The van der Waals surface area contributed by atoms with Gasteiger partial charge in [-0.05, 0) is 36.8 Å². The largest absolute Gasteiger partial charge is 0.495 e. The minimum absolute atomic E-state index is 0.0302. The van der Waals surface area contributed by atoms with Crippen molar-refractivity contribution in [3.63, 3.8) is 0 Å². The molecule has 0 heterocycles. The number of carbonyl (C=O) groups excluding carboxylic acids is 1. The van der Waals surface area contributed by atoms with Gasteiger partial charge in [-0.3, -0.25) is 4.79 Å². The van der Waals surface area contributed by atoms with Crippen LogP contribution in [0.5, 0.6) is 5.75 Å². The summed E-state index contributed by atoms with van der Waals surface area (Å²) in [5.74, 6) is 0.0929. The molecule has 2 rings (SSSR count). The molecule has 0 radical (unpaired) electrons. The molecule has 0 saturated carbocycles. The van der Waals surface area contributed by atoms with Gasteiger partial charge in [-0.2, -0.15) is 0 Å². The Morgan fingerprint density at radius 3 is 2.58 bits per heavy atom. The van der Waals surface area contributed by atoms with Crippen LogP contribution in [0.2, 0.25) is 0 Å². The van der Waals surface area contributed by atoms with Crippen LogP contribution in [0.3, 0.4) is 0 Å². The first-order valence-corrected chi connectivity index (χ1v) is 9.49. The van der Waals surface area contributed by atoms with Gasteiger partial charge in [0.15, 0.2) is 0 Å². The lowest BCUT2D eigenvalue weighted by Gasteiger charge is -2.11. The minimum atomic E-state index is -3.69. The van der Waals surface area contributed by atoms with Crippen LogP contribution in [-0.4, -0.2) is 41.7 Å². The number of para-hydroxylation sites is 2. The Hall–Kier alpha value is -2.42. The Balaban J connectivity index is 2.14. The van der Waals surface area contributed by atoms with E-state index in [4.69, 9.17) is 9.47 Å². The number of rotatable bonds is 9. The predicted octanol–water partition coefficient (Wildman–Crippen LogP) is 2.26. The van der Waals surface area contributed by atoms with E-state index in [-0.39, 0.29) is 17.0 Å². The first-order chi connectivity index (χ1) is 12.5. The molecule has 0 aliphatic heterocycles. The number of sulfonamides is 1. The van der Waals surface area contributed by atoms with Crippen LogP contribution in [0.1, 0.15) is 16.8 Å². The lowest BCUT2D eigenvalue weighted by molar-refractivity contribution is 0.102. The molecule has 26 heavy (non-hydrogen) atoms. The van der Waals surface area contributed by atoms with Crippen molar-refractivity contribution in [3.8, 4) is 5.75 Å². The van der Waals surface area contributed by atoms with E-state index in [9.17, 15) is 13.2 Å². The van der Waals surface area contributed by atoms with Crippen molar-refractivity contribution in [2.24, 2.45) is 0 Å². The van der Waals surface area contributed by atoms with Crippen LogP contribution in [0.4, 0.5) is 5.69 Å². The maximum absolute atomic E-state index is 12.5. The topological polar surface area (TPSA) is 93.7 Å². The van der Waals surface area contributed by atoms with E-state index < -0.39 is 15.9 Å². The van der Waals surface area contributed by atoms with Gasteiger partial charge in [0, 0.05) is 25.8 Å². The van der Waals surface area contributed by atoms with Gasteiger partial charge in [-0.25, -0.2) is 13.1 Å². The third-order valence-corrected chi connectivity index (χ3v) is 5.04. The predicted molar refractivity (Wildman–Crippen MR) is 99.1 cm³/mol. The normalized spacial score (nSPS) is 11.2. The Labute approximate surface area is 153 Å². The molecular weight excluding hydrogens is 356 g/mol. The maximum atomic E-state index is 12.5. The second-order valence-electron chi connectivity index (χ2n) is 5.43. The number of anilines is 1. The van der Waals surface area contributed by atoms with Crippen molar-refractivity contribution in [1.82, 2.24) is 4.72 Å². The van der Waals surface area contributed by atoms with E-state index >= 15 is 0 Å². The van der Waals surface area contributed by atoms with Gasteiger partial charge in [-0.15, -0.1) is 0 Å². The van der Waals surface area contributed by atoms with Crippen LogP contribution < -0.4 is 14.8 Å². The summed E-state index contributed by atoms with van der Waals surface area (Å²) >= 11 is 0. The van der Waals surface area contributed by atoms with E-state index in [0.717, 1.165) is 0 Å². The Morgan fingerprint density at radius 2 is 1.85 bits per heavy atom. The molecule has 0 aromatic heterocycles. The van der Waals surface area contributed by atoms with Crippen molar-refractivity contribution in [2.45, 2.75) is 11.3 Å². The molecule has 0 aliphatic rings. The van der Waals surface area contributed by atoms with Crippen LogP contribution in [-0.2, 0) is 14.8 Å². The van der Waals surface area contributed by atoms with Gasteiger partial charge in [0.05, 0.1) is 17.7 Å². The zero-order valence-electron chi connectivity index (χ0n) is 14.7. The van der Waals surface area contributed by atoms with E-state index in [1.807, 2.05) is 0 Å². The van der Waals surface area contributed by atoms with Gasteiger partial charge < -0.3 is 14.8 Å². The number of nitrogens with one attached hydrogen (secondary N) is 2.